The number of carbonyl (C=O) groups excluding carboxylic acids is 1. The summed E-state index contributed by atoms with van der Waals surface area (Å²) in [5, 5.41) is -3.41. The molecule has 0 fully saturated rings. The van der Waals surface area contributed by atoms with E-state index in [0.29, 0.717) is 4.90 Å². The van der Waals surface area contributed by atoms with Crippen LogP contribution in [0.4, 0.5) is 8.78 Å². The summed E-state index contributed by atoms with van der Waals surface area (Å²) < 4.78 is 26.7. The van der Waals surface area contributed by atoms with Gasteiger partial charge in [-0.25, -0.2) is 0 Å². The topological polar surface area (TPSA) is 20.3 Å². The molecule has 2 nitrogen and oxygen atoms in total. The van der Waals surface area contributed by atoms with Crippen LogP contribution in [0.1, 0.15) is 0 Å². The van der Waals surface area contributed by atoms with Gasteiger partial charge in [0.2, 0.25) is 0 Å². The van der Waals surface area contributed by atoms with Gasteiger partial charge in [-0.05, 0) is 23.9 Å². The van der Waals surface area contributed by atoms with Gasteiger partial charge in [0, 0.05) is 19.0 Å². The second-order valence-electron chi connectivity index (χ2n) is 3.13. The zero-order valence-electron chi connectivity index (χ0n) is 8.41. The number of halogens is 2. The molecule has 0 bridgehead atoms. The monoisotopic (exact) mass is 231 g/mol. The molecule has 0 saturated carbocycles. The molecule has 0 aliphatic heterocycles. The number of nitrogens with zero attached hydrogens (tertiary/aromatic N) is 1. The highest BCUT2D eigenvalue weighted by Crippen LogP contribution is 2.36. The predicted molar refractivity (Wildman–Crippen MR) is 55.9 cm³/mol. The first kappa shape index (κ1) is 12.0. The summed E-state index contributed by atoms with van der Waals surface area (Å²) in [4.78, 5) is 12.4. The Morgan fingerprint density at radius 3 is 2.27 bits per heavy atom. The van der Waals surface area contributed by atoms with Gasteiger partial charge in [-0.15, -0.1) is 0 Å². The quantitative estimate of drug-likeness (QED) is 0.745. The standard InChI is InChI=1S/C10H11F2NOS/c1-13(2)9(14)10(11,12)15-8-6-4-3-5-7-8/h3-7H,1-2H3. The molecule has 0 aliphatic carbocycles. The van der Waals surface area contributed by atoms with E-state index < -0.39 is 11.2 Å². The smallest absolute Gasteiger partial charge is 0.343 e. The number of thioether (sulfide) groups is 1. The maximum atomic E-state index is 13.3. The van der Waals surface area contributed by atoms with Crippen LogP contribution < -0.4 is 0 Å². The third-order valence-electron chi connectivity index (χ3n) is 1.64. The molecule has 1 rings (SSSR count). The molecule has 0 heterocycles. The summed E-state index contributed by atoms with van der Waals surface area (Å²) in [6.07, 6.45) is 0. The van der Waals surface area contributed by atoms with Crippen molar-refractivity contribution in [3.63, 3.8) is 0 Å². The first-order valence-electron chi connectivity index (χ1n) is 4.27. The van der Waals surface area contributed by atoms with Crippen molar-refractivity contribution < 1.29 is 13.6 Å². The number of amides is 1. The van der Waals surface area contributed by atoms with Crippen LogP contribution in [0, 0.1) is 0 Å². The molecule has 1 aromatic carbocycles. The van der Waals surface area contributed by atoms with Gasteiger partial charge in [-0.3, -0.25) is 4.79 Å². The molecule has 1 amide bonds. The average molecular weight is 231 g/mol. The summed E-state index contributed by atoms with van der Waals surface area (Å²) >= 11 is 0.258. The van der Waals surface area contributed by atoms with Gasteiger partial charge in [0.1, 0.15) is 0 Å². The molecular formula is C10H11F2NOS. The summed E-state index contributed by atoms with van der Waals surface area (Å²) in [7, 11) is 2.61. The first-order chi connectivity index (χ1) is 6.93. The van der Waals surface area contributed by atoms with Gasteiger partial charge in [0.25, 0.3) is 0 Å². The molecule has 0 spiro atoms. The van der Waals surface area contributed by atoms with E-state index in [1.165, 1.54) is 14.1 Å². The highest BCUT2D eigenvalue weighted by molar-refractivity contribution is 8.01. The lowest BCUT2D eigenvalue weighted by Gasteiger charge is -2.18. The predicted octanol–water partition coefficient (Wildman–Crippen LogP) is 2.46. The van der Waals surface area contributed by atoms with Crippen molar-refractivity contribution in [2.45, 2.75) is 10.2 Å². The Balaban J connectivity index is 2.77. The summed E-state index contributed by atoms with van der Waals surface area (Å²) in [5.41, 5.74) is 0. The maximum Gasteiger partial charge on any atom is 0.375 e. The largest absolute Gasteiger partial charge is 0.375 e. The lowest BCUT2D eigenvalue weighted by Crippen LogP contribution is -2.36. The Bertz CT molecular complexity index is 341. The Kier molecular flexibility index (Phi) is 3.68. The van der Waals surface area contributed by atoms with E-state index in [1.54, 1.807) is 30.3 Å². The minimum Gasteiger partial charge on any atom is -0.343 e. The van der Waals surface area contributed by atoms with Crippen molar-refractivity contribution in [1.82, 2.24) is 4.90 Å². The van der Waals surface area contributed by atoms with Gasteiger partial charge in [-0.2, -0.15) is 8.78 Å². The van der Waals surface area contributed by atoms with E-state index in [9.17, 15) is 13.6 Å². The first-order valence-corrected chi connectivity index (χ1v) is 5.09. The SMILES string of the molecule is CN(C)C(=O)C(F)(F)Sc1ccccc1. The average Bonchev–Trinajstić information content (AvgIpc) is 2.17. The van der Waals surface area contributed by atoms with Crippen LogP contribution in [0.2, 0.25) is 0 Å². The Morgan fingerprint density at radius 2 is 1.80 bits per heavy atom. The number of benzene rings is 1. The van der Waals surface area contributed by atoms with Crippen molar-refractivity contribution in [2.24, 2.45) is 0 Å². The number of alkyl halides is 2. The van der Waals surface area contributed by atoms with Crippen molar-refractivity contribution in [2.75, 3.05) is 14.1 Å². The van der Waals surface area contributed by atoms with E-state index in [4.69, 9.17) is 0 Å². The minimum atomic E-state index is -3.41. The summed E-state index contributed by atoms with van der Waals surface area (Å²) in [6, 6.07) is 8.12. The molecule has 0 aliphatic rings. The van der Waals surface area contributed by atoms with Crippen LogP contribution in [-0.2, 0) is 4.79 Å². The summed E-state index contributed by atoms with van der Waals surface area (Å²) in [5.74, 6) is -1.20. The molecule has 0 saturated heterocycles. The van der Waals surface area contributed by atoms with Gasteiger partial charge < -0.3 is 4.90 Å². The highest BCUT2D eigenvalue weighted by atomic mass is 32.2. The number of hydrogen-bond acceptors (Lipinski definition) is 2. The normalized spacial score (nSPS) is 11.2. The lowest BCUT2D eigenvalue weighted by molar-refractivity contribution is -0.143. The van der Waals surface area contributed by atoms with Crippen molar-refractivity contribution in [3.05, 3.63) is 30.3 Å². The van der Waals surface area contributed by atoms with Crippen LogP contribution in [0.15, 0.2) is 35.2 Å². The zero-order chi connectivity index (χ0) is 11.5. The fourth-order valence-corrected chi connectivity index (χ4v) is 1.80. The molecule has 82 valence electrons. The molecule has 1 aromatic rings. The van der Waals surface area contributed by atoms with E-state index in [2.05, 4.69) is 0 Å². The maximum absolute atomic E-state index is 13.3. The Hall–Kier alpha value is -1.10. The molecule has 5 heteroatoms. The highest BCUT2D eigenvalue weighted by Gasteiger charge is 2.41. The van der Waals surface area contributed by atoms with Gasteiger partial charge in [-0.1, -0.05) is 18.2 Å². The molecular weight excluding hydrogens is 220 g/mol. The van der Waals surface area contributed by atoms with Crippen molar-refractivity contribution >= 4 is 17.7 Å². The fraction of sp³-hybridized carbons (Fsp3) is 0.300. The van der Waals surface area contributed by atoms with Crippen molar-refractivity contribution in [3.8, 4) is 0 Å². The van der Waals surface area contributed by atoms with E-state index >= 15 is 0 Å². The van der Waals surface area contributed by atoms with Crippen LogP contribution in [-0.4, -0.2) is 30.2 Å². The van der Waals surface area contributed by atoms with E-state index in [-0.39, 0.29) is 11.8 Å². The van der Waals surface area contributed by atoms with Crippen LogP contribution in [0.5, 0.6) is 0 Å². The van der Waals surface area contributed by atoms with Crippen molar-refractivity contribution in [1.29, 1.82) is 0 Å². The van der Waals surface area contributed by atoms with Gasteiger partial charge in [0.15, 0.2) is 0 Å². The van der Waals surface area contributed by atoms with E-state index in [0.717, 1.165) is 4.90 Å². The second-order valence-corrected chi connectivity index (χ2v) is 4.32. The minimum absolute atomic E-state index is 0.258. The van der Waals surface area contributed by atoms with Crippen LogP contribution in [0.25, 0.3) is 0 Å². The molecule has 0 atom stereocenters. The number of carbonyl (C=O) groups is 1. The lowest BCUT2D eigenvalue weighted by atomic mass is 10.4. The van der Waals surface area contributed by atoms with Crippen LogP contribution >= 0.6 is 11.8 Å². The van der Waals surface area contributed by atoms with Gasteiger partial charge in [0.05, 0.1) is 0 Å². The van der Waals surface area contributed by atoms with Crippen LogP contribution in [0.3, 0.4) is 0 Å². The Labute approximate surface area is 91.3 Å². The third-order valence-corrected chi connectivity index (χ3v) is 2.58. The molecule has 0 unspecified atom stereocenters. The van der Waals surface area contributed by atoms with E-state index in [1.807, 2.05) is 0 Å². The molecule has 0 N–H and O–H groups in total. The fourth-order valence-electron chi connectivity index (χ4n) is 0.941. The Morgan fingerprint density at radius 1 is 1.27 bits per heavy atom. The number of hydrogen-bond donors (Lipinski definition) is 0. The second kappa shape index (κ2) is 4.61. The summed E-state index contributed by atoms with van der Waals surface area (Å²) in [6.45, 7) is 0. The number of rotatable bonds is 3. The molecule has 0 radical (unpaired) electrons. The van der Waals surface area contributed by atoms with Gasteiger partial charge >= 0.3 is 11.2 Å². The molecule has 0 aromatic heterocycles. The third kappa shape index (κ3) is 3.20. The zero-order valence-corrected chi connectivity index (χ0v) is 9.22. The molecule has 15 heavy (non-hydrogen) atoms.